The number of para-hydroxylation sites is 1. The molecule has 5 rings (SSSR count). The summed E-state index contributed by atoms with van der Waals surface area (Å²) in [5, 5.41) is 0.839. The van der Waals surface area contributed by atoms with Gasteiger partial charge in [0.1, 0.15) is 0 Å². The number of aromatic nitrogens is 1. The van der Waals surface area contributed by atoms with Crippen LogP contribution >= 0.6 is 0 Å². The van der Waals surface area contributed by atoms with Crippen molar-refractivity contribution in [2.24, 2.45) is 0 Å². The van der Waals surface area contributed by atoms with Crippen LogP contribution in [0, 0.1) is 0 Å². The molecule has 0 aliphatic rings. The van der Waals surface area contributed by atoms with E-state index in [0.29, 0.717) is 0 Å². The first-order chi connectivity index (χ1) is 16.6. The van der Waals surface area contributed by atoms with Gasteiger partial charge in [-0.25, -0.2) is 18.1 Å². The Morgan fingerprint density at radius 2 is 1.21 bits per heavy atom. The van der Waals surface area contributed by atoms with E-state index in [4.69, 9.17) is 4.98 Å². The van der Waals surface area contributed by atoms with E-state index in [1.54, 1.807) is 0 Å². The fraction of sp³-hybridized carbons (Fsp3) is 0.0690. The smallest absolute Gasteiger partial charge is 0.216 e. The average molecular weight is 465 g/mol. The molecule has 0 saturated carbocycles. The Morgan fingerprint density at radius 1 is 0.647 bits per heavy atom. The zero-order chi connectivity index (χ0) is 23.4. The van der Waals surface area contributed by atoms with Crippen LogP contribution in [-0.4, -0.2) is 13.4 Å². The van der Waals surface area contributed by atoms with Gasteiger partial charge in [0, 0.05) is 23.1 Å². The molecule has 0 aliphatic heterocycles. The first kappa shape index (κ1) is 22.0. The summed E-state index contributed by atoms with van der Waals surface area (Å²) in [4.78, 5) is 4.99. The molecule has 4 aromatic carbocycles. The van der Waals surface area contributed by atoms with Crippen LogP contribution in [0.15, 0.2) is 115 Å². The highest BCUT2D eigenvalue weighted by molar-refractivity contribution is 7.88. The van der Waals surface area contributed by atoms with E-state index in [9.17, 15) is 8.42 Å². The van der Waals surface area contributed by atoms with Gasteiger partial charge in [0.05, 0.1) is 17.0 Å². The van der Waals surface area contributed by atoms with Crippen molar-refractivity contribution in [3.05, 3.63) is 126 Å². The molecular formula is C29H24N2O2S. The van der Waals surface area contributed by atoms with Gasteiger partial charge in [-0.15, -0.1) is 0 Å². The Kier molecular flexibility index (Phi) is 6.21. The molecule has 1 aromatic heterocycles. The molecule has 4 nitrogen and oxygen atoms in total. The van der Waals surface area contributed by atoms with Crippen molar-refractivity contribution in [1.82, 2.24) is 9.71 Å². The highest BCUT2D eigenvalue weighted by atomic mass is 32.2. The maximum absolute atomic E-state index is 13.3. The second-order valence-electron chi connectivity index (χ2n) is 8.13. The molecule has 1 N–H and O–H groups in total. The summed E-state index contributed by atoms with van der Waals surface area (Å²) in [6, 6.07) is 37.1. The summed E-state index contributed by atoms with van der Waals surface area (Å²) in [6.07, 6.45) is 0. The van der Waals surface area contributed by atoms with Gasteiger partial charge >= 0.3 is 0 Å². The molecule has 168 valence electrons. The Balaban J connectivity index is 1.68. The molecule has 0 saturated heterocycles. The molecule has 0 radical (unpaired) electrons. The number of nitrogens with zero attached hydrogens (tertiary/aromatic N) is 1. The zero-order valence-electron chi connectivity index (χ0n) is 18.6. The molecular weight excluding hydrogens is 440 g/mol. The normalized spacial score (nSPS) is 11.5. The number of hydrogen-bond acceptors (Lipinski definition) is 3. The number of nitrogens with one attached hydrogen (secondary N) is 1. The van der Waals surface area contributed by atoms with Crippen LogP contribution in [0.25, 0.3) is 33.3 Å². The number of benzene rings is 4. The van der Waals surface area contributed by atoms with Crippen molar-refractivity contribution in [2.45, 2.75) is 12.3 Å². The maximum Gasteiger partial charge on any atom is 0.216 e. The highest BCUT2D eigenvalue weighted by Crippen LogP contribution is 2.38. The van der Waals surface area contributed by atoms with Gasteiger partial charge in [-0.05, 0) is 22.8 Å². The minimum absolute atomic E-state index is 0.146. The number of sulfonamides is 1. The molecule has 34 heavy (non-hydrogen) atoms. The van der Waals surface area contributed by atoms with E-state index in [1.165, 1.54) is 0 Å². The molecule has 0 atom stereocenters. The molecule has 1 heterocycles. The van der Waals surface area contributed by atoms with Crippen LogP contribution in [0.1, 0.15) is 11.1 Å². The fourth-order valence-corrected chi connectivity index (χ4v) is 5.35. The fourth-order valence-electron chi connectivity index (χ4n) is 4.18. The number of fused-ring (bicyclic) bond motifs is 1. The second kappa shape index (κ2) is 9.59. The Hall–Kier alpha value is -3.80. The topological polar surface area (TPSA) is 59.1 Å². The van der Waals surface area contributed by atoms with Crippen LogP contribution in [0.5, 0.6) is 0 Å². The summed E-state index contributed by atoms with van der Waals surface area (Å²) in [5.74, 6) is -0.146. The Morgan fingerprint density at radius 3 is 1.88 bits per heavy atom. The van der Waals surface area contributed by atoms with E-state index in [1.807, 2.05) is 115 Å². The first-order valence-corrected chi connectivity index (χ1v) is 12.8. The lowest BCUT2D eigenvalue weighted by Crippen LogP contribution is -2.25. The second-order valence-corrected chi connectivity index (χ2v) is 9.94. The molecule has 0 aliphatic carbocycles. The summed E-state index contributed by atoms with van der Waals surface area (Å²) in [7, 11) is -3.63. The minimum Gasteiger partial charge on any atom is -0.247 e. The maximum atomic E-state index is 13.3. The molecule has 0 amide bonds. The van der Waals surface area contributed by atoms with Crippen molar-refractivity contribution < 1.29 is 8.42 Å². The van der Waals surface area contributed by atoms with Crippen LogP contribution in [0.2, 0.25) is 0 Å². The summed E-state index contributed by atoms with van der Waals surface area (Å²) in [6.45, 7) is 0.248. The molecule has 5 aromatic rings. The standard InChI is InChI=1S/C29H24N2O2S/c32-34(33,30-20-22-12-4-1-5-13-22)21-26-25-18-10-11-19-27(25)31-29(24-16-8-3-9-17-24)28(26)23-14-6-2-7-15-23/h1-19,30H,20-21H2. The number of rotatable bonds is 7. The third-order valence-electron chi connectivity index (χ3n) is 5.78. The predicted molar refractivity (Wildman–Crippen MR) is 139 cm³/mol. The van der Waals surface area contributed by atoms with Gasteiger partial charge in [-0.3, -0.25) is 0 Å². The lowest BCUT2D eigenvalue weighted by Gasteiger charge is -2.18. The van der Waals surface area contributed by atoms with Gasteiger partial charge in [0.25, 0.3) is 0 Å². The largest absolute Gasteiger partial charge is 0.247 e. The molecule has 0 bridgehead atoms. The SMILES string of the molecule is O=S(=O)(Cc1c(-c2ccccc2)c(-c2ccccc2)nc2ccccc12)NCc1ccccc1. The third kappa shape index (κ3) is 4.76. The van der Waals surface area contributed by atoms with Gasteiger partial charge in [0.15, 0.2) is 0 Å². The van der Waals surface area contributed by atoms with E-state index < -0.39 is 10.0 Å². The molecule has 0 fully saturated rings. The lowest BCUT2D eigenvalue weighted by molar-refractivity contribution is 0.580. The van der Waals surface area contributed by atoms with E-state index in [0.717, 1.165) is 44.4 Å². The summed E-state index contributed by atoms with van der Waals surface area (Å²) >= 11 is 0. The third-order valence-corrected chi connectivity index (χ3v) is 7.04. The van der Waals surface area contributed by atoms with Crippen molar-refractivity contribution >= 4 is 20.9 Å². The average Bonchev–Trinajstić information content (AvgIpc) is 2.89. The number of hydrogen-bond donors (Lipinski definition) is 1. The van der Waals surface area contributed by atoms with Crippen molar-refractivity contribution in [1.29, 1.82) is 0 Å². The van der Waals surface area contributed by atoms with Gasteiger partial charge < -0.3 is 0 Å². The van der Waals surface area contributed by atoms with Crippen molar-refractivity contribution in [3.8, 4) is 22.4 Å². The first-order valence-electron chi connectivity index (χ1n) is 11.1. The zero-order valence-corrected chi connectivity index (χ0v) is 19.4. The molecule has 5 heteroatoms. The predicted octanol–water partition coefficient (Wildman–Crippen LogP) is 6.19. The van der Waals surface area contributed by atoms with Gasteiger partial charge in [0.2, 0.25) is 10.0 Å². The Labute approximate surface area is 200 Å². The molecule has 0 unspecified atom stereocenters. The lowest BCUT2D eigenvalue weighted by atomic mass is 9.92. The van der Waals surface area contributed by atoms with Crippen molar-refractivity contribution in [2.75, 3.05) is 0 Å². The van der Waals surface area contributed by atoms with Gasteiger partial charge in [-0.1, -0.05) is 109 Å². The van der Waals surface area contributed by atoms with Crippen LogP contribution in [0.3, 0.4) is 0 Å². The monoisotopic (exact) mass is 464 g/mol. The van der Waals surface area contributed by atoms with Crippen molar-refractivity contribution in [3.63, 3.8) is 0 Å². The molecule has 0 spiro atoms. The van der Waals surface area contributed by atoms with Crippen LogP contribution < -0.4 is 4.72 Å². The quantitative estimate of drug-likeness (QED) is 0.312. The minimum atomic E-state index is -3.63. The Bertz CT molecular complexity index is 1520. The van der Waals surface area contributed by atoms with E-state index >= 15 is 0 Å². The van der Waals surface area contributed by atoms with E-state index in [2.05, 4.69) is 4.72 Å². The summed E-state index contributed by atoms with van der Waals surface area (Å²) in [5.41, 5.74) is 5.94. The summed E-state index contributed by atoms with van der Waals surface area (Å²) < 4.78 is 29.4. The van der Waals surface area contributed by atoms with E-state index in [-0.39, 0.29) is 12.3 Å². The van der Waals surface area contributed by atoms with Crippen LogP contribution in [0.4, 0.5) is 0 Å². The van der Waals surface area contributed by atoms with Gasteiger partial charge in [-0.2, -0.15) is 0 Å². The number of pyridine rings is 1. The highest BCUT2D eigenvalue weighted by Gasteiger charge is 2.22. The van der Waals surface area contributed by atoms with Crippen LogP contribution in [-0.2, 0) is 22.3 Å².